The summed E-state index contributed by atoms with van der Waals surface area (Å²) in [5, 5.41) is 2.93. The summed E-state index contributed by atoms with van der Waals surface area (Å²) in [6.45, 7) is 4.82. The molecule has 1 saturated heterocycles. The second-order valence-corrected chi connectivity index (χ2v) is 9.21. The molecule has 0 unspecified atom stereocenters. The first-order chi connectivity index (χ1) is 16.0. The maximum absolute atomic E-state index is 13.4. The minimum Gasteiger partial charge on any atom is -0.367 e. The van der Waals surface area contributed by atoms with Crippen LogP contribution >= 0.6 is 11.3 Å². The number of amides is 1. The van der Waals surface area contributed by atoms with Gasteiger partial charge in [-0.3, -0.25) is 9.59 Å². The molecule has 0 aliphatic carbocycles. The topological polar surface area (TPSA) is 45.5 Å². The van der Waals surface area contributed by atoms with Gasteiger partial charge in [0.2, 0.25) is 0 Å². The van der Waals surface area contributed by atoms with Crippen molar-refractivity contribution in [1.82, 2.24) is 9.47 Å². The quantitative estimate of drug-likeness (QED) is 0.449. The van der Waals surface area contributed by atoms with Crippen LogP contribution in [0.1, 0.15) is 20.8 Å². The van der Waals surface area contributed by atoms with Gasteiger partial charge in [0.25, 0.3) is 11.5 Å². The third-order valence-corrected chi connectivity index (χ3v) is 7.10. The van der Waals surface area contributed by atoms with E-state index in [1.165, 1.54) is 23.5 Å². The van der Waals surface area contributed by atoms with E-state index in [0.717, 1.165) is 27.0 Å². The number of nitrogens with zero attached hydrogens (tertiary/aromatic N) is 3. The van der Waals surface area contributed by atoms with E-state index in [0.29, 0.717) is 38.3 Å². The van der Waals surface area contributed by atoms with Crippen molar-refractivity contribution in [3.63, 3.8) is 0 Å². The van der Waals surface area contributed by atoms with Crippen LogP contribution in [0.4, 0.5) is 10.1 Å². The van der Waals surface area contributed by atoms with Crippen molar-refractivity contribution >= 4 is 33.8 Å². The standard InChI is InChI=1S/C26H24FN3O2S/c1-18-24(28-12-14-29(15-13-28)26(32)23-7-4-16-33-23)21-5-2-3-6-22(21)30(25(18)31)17-19-8-10-20(27)11-9-19/h2-11,16H,12-15,17H2,1H3. The molecular weight excluding hydrogens is 437 g/mol. The Morgan fingerprint density at radius 2 is 1.70 bits per heavy atom. The highest BCUT2D eigenvalue weighted by molar-refractivity contribution is 7.12. The van der Waals surface area contributed by atoms with Crippen molar-refractivity contribution < 1.29 is 9.18 Å². The molecular formula is C26H24FN3O2S. The summed E-state index contributed by atoms with van der Waals surface area (Å²) in [6.07, 6.45) is 0. The van der Waals surface area contributed by atoms with Gasteiger partial charge in [-0.1, -0.05) is 36.4 Å². The number of rotatable bonds is 4. The van der Waals surface area contributed by atoms with Gasteiger partial charge in [0.15, 0.2) is 0 Å². The first kappa shape index (κ1) is 21.4. The van der Waals surface area contributed by atoms with Crippen LogP contribution < -0.4 is 10.5 Å². The second-order valence-electron chi connectivity index (χ2n) is 8.27. The number of hydrogen-bond donors (Lipinski definition) is 0. The third-order valence-electron chi connectivity index (χ3n) is 6.24. The molecule has 1 aliphatic heterocycles. The molecule has 0 spiro atoms. The number of halogens is 1. The van der Waals surface area contributed by atoms with Crippen LogP contribution in [0.3, 0.4) is 0 Å². The Hall–Kier alpha value is -3.45. The van der Waals surface area contributed by atoms with Crippen molar-refractivity contribution in [2.75, 3.05) is 31.1 Å². The summed E-state index contributed by atoms with van der Waals surface area (Å²) in [5.74, 6) is -0.222. The lowest BCUT2D eigenvalue weighted by Gasteiger charge is -2.37. The Morgan fingerprint density at radius 3 is 2.39 bits per heavy atom. The molecule has 5 nitrogen and oxygen atoms in total. The predicted molar refractivity (Wildman–Crippen MR) is 131 cm³/mol. The van der Waals surface area contributed by atoms with Gasteiger partial charge in [-0.15, -0.1) is 11.3 Å². The van der Waals surface area contributed by atoms with Gasteiger partial charge in [0.05, 0.1) is 22.6 Å². The van der Waals surface area contributed by atoms with Crippen LogP contribution in [0.5, 0.6) is 0 Å². The Balaban J connectivity index is 1.47. The summed E-state index contributed by atoms with van der Waals surface area (Å²) < 4.78 is 15.1. The van der Waals surface area contributed by atoms with Crippen LogP contribution in [0.25, 0.3) is 10.9 Å². The smallest absolute Gasteiger partial charge is 0.264 e. The molecule has 4 aromatic rings. The maximum atomic E-state index is 13.4. The number of para-hydroxylation sites is 1. The van der Waals surface area contributed by atoms with Crippen molar-refractivity contribution in [1.29, 1.82) is 0 Å². The zero-order valence-electron chi connectivity index (χ0n) is 18.3. The Labute approximate surface area is 195 Å². The molecule has 0 N–H and O–H groups in total. The summed E-state index contributed by atoms with van der Waals surface area (Å²) in [6, 6.07) is 17.9. The number of hydrogen-bond acceptors (Lipinski definition) is 4. The monoisotopic (exact) mass is 461 g/mol. The predicted octanol–water partition coefficient (Wildman–Crippen LogP) is 4.52. The van der Waals surface area contributed by atoms with E-state index in [9.17, 15) is 14.0 Å². The van der Waals surface area contributed by atoms with Crippen molar-refractivity contribution in [3.8, 4) is 0 Å². The average Bonchev–Trinajstić information content (AvgIpc) is 3.38. The lowest BCUT2D eigenvalue weighted by atomic mass is 10.1. The van der Waals surface area contributed by atoms with Crippen LogP contribution in [-0.4, -0.2) is 41.6 Å². The number of benzene rings is 2. The van der Waals surface area contributed by atoms with Gasteiger partial charge in [0, 0.05) is 37.1 Å². The minimum atomic E-state index is -0.292. The normalized spacial score (nSPS) is 14.1. The average molecular weight is 462 g/mol. The van der Waals surface area contributed by atoms with Gasteiger partial charge < -0.3 is 14.4 Å². The number of carbonyl (C=O) groups is 1. The molecule has 168 valence electrons. The fraction of sp³-hybridized carbons (Fsp3) is 0.231. The van der Waals surface area contributed by atoms with Crippen LogP contribution in [0.2, 0.25) is 0 Å². The number of thiophene rings is 1. The molecule has 0 bridgehead atoms. The first-order valence-corrected chi connectivity index (χ1v) is 11.8. The molecule has 3 heterocycles. The van der Waals surface area contributed by atoms with Gasteiger partial charge in [-0.25, -0.2) is 4.39 Å². The molecule has 5 rings (SSSR count). The lowest BCUT2D eigenvalue weighted by Crippen LogP contribution is -2.49. The highest BCUT2D eigenvalue weighted by atomic mass is 32.1. The van der Waals surface area contributed by atoms with Gasteiger partial charge in [-0.2, -0.15) is 0 Å². The van der Waals surface area contributed by atoms with Crippen molar-refractivity contribution in [3.05, 3.63) is 98.2 Å². The molecule has 33 heavy (non-hydrogen) atoms. The maximum Gasteiger partial charge on any atom is 0.264 e. The van der Waals surface area contributed by atoms with E-state index < -0.39 is 0 Å². The molecule has 2 aromatic carbocycles. The van der Waals surface area contributed by atoms with E-state index in [4.69, 9.17) is 0 Å². The fourth-order valence-corrected chi connectivity index (χ4v) is 5.24. The van der Waals surface area contributed by atoms with Crippen LogP contribution in [0.15, 0.2) is 70.8 Å². The lowest BCUT2D eigenvalue weighted by molar-refractivity contribution is 0.0751. The molecule has 7 heteroatoms. The highest BCUT2D eigenvalue weighted by Gasteiger charge is 2.26. The fourth-order valence-electron chi connectivity index (χ4n) is 4.55. The summed E-state index contributed by atoms with van der Waals surface area (Å²) in [7, 11) is 0. The number of fused-ring (bicyclic) bond motifs is 1. The van der Waals surface area contributed by atoms with Crippen LogP contribution in [-0.2, 0) is 6.54 Å². The molecule has 0 saturated carbocycles. The number of aromatic nitrogens is 1. The number of pyridine rings is 1. The molecule has 1 fully saturated rings. The molecule has 1 aliphatic rings. The zero-order chi connectivity index (χ0) is 22.9. The van der Waals surface area contributed by atoms with Crippen molar-refractivity contribution in [2.24, 2.45) is 0 Å². The number of anilines is 1. The largest absolute Gasteiger partial charge is 0.367 e. The third kappa shape index (κ3) is 4.04. The SMILES string of the molecule is Cc1c(N2CCN(C(=O)c3cccs3)CC2)c2ccccc2n(Cc2ccc(F)cc2)c1=O. The number of piperazine rings is 1. The van der Waals surface area contributed by atoms with E-state index >= 15 is 0 Å². The summed E-state index contributed by atoms with van der Waals surface area (Å²) in [4.78, 5) is 31.0. The van der Waals surface area contributed by atoms with E-state index in [1.807, 2.05) is 53.6 Å². The van der Waals surface area contributed by atoms with E-state index in [1.54, 1.807) is 16.7 Å². The van der Waals surface area contributed by atoms with Gasteiger partial charge >= 0.3 is 0 Å². The minimum absolute atomic E-state index is 0.0508. The second kappa shape index (κ2) is 8.83. The highest BCUT2D eigenvalue weighted by Crippen LogP contribution is 2.30. The van der Waals surface area contributed by atoms with Gasteiger partial charge in [-0.05, 0) is 42.1 Å². The molecule has 0 radical (unpaired) electrons. The molecule has 0 atom stereocenters. The number of carbonyl (C=O) groups excluding carboxylic acids is 1. The summed E-state index contributed by atoms with van der Waals surface area (Å²) in [5.41, 5.74) is 3.30. The first-order valence-electron chi connectivity index (χ1n) is 11.0. The molecule has 2 aromatic heterocycles. The molecule has 1 amide bonds. The Kier molecular flexibility index (Phi) is 5.72. The Morgan fingerprint density at radius 1 is 0.970 bits per heavy atom. The van der Waals surface area contributed by atoms with Gasteiger partial charge in [0.1, 0.15) is 5.82 Å². The van der Waals surface area contributed by atoms with E-state index in [2.05, 4.69) is 4.90 Å². The summed E-state index contributed by atoms with van der Waals surface area (Å²) >= 11 is 1.46. The van der Waals surface area contributed by atoms with Crippen molar-refractivity contribution in [2.45, 2.75) is 13.5 Å². The Bertz CT molecular complexity index is 1360. The zero-order valence-corrected chi connectivity index (χ0v) is 19.1. The van der Waals surface area contributed by atoms with E-state index in [-0.39, 0.29) is 17.3 Å². The van der Waals surface area contributed by atoms with Crippen LogP contribution in [0, 0.1) is 12.7 Å².